The summed E-state index contributed by atoms with van der Waals surface area (Å²) in [4.78, 5) is 0. The standard InChI is InChI=1S/C10H10FN3O/c1-15-6-2-3-7(9(11)4-6)8-5-13-14-10(8)12/h2-5H,1H3,(H3,12,13,14). The second-order valence-electron chi connectivity index (χ2n) is 3.04. The van der Waals surface area contributed by atoms with E-state index < -0.39 is 0 Å². The van der Waals surface area contributed by atoms with Crippen molar-refractivity contribution in [1.29, 1.82) is 0 Å². The molecule has 0 saturated carbocycles. The van der Waals surface area contributed by atoms with Gasteiger partial charge in [-0.2, -0.15) is 5.10 Å². The molecule has 78 valence electrons. The maximum atomic E-state index is 13.6. The van der Waals surface area contributed by atoms with Crippen molar-refractivity contribution >= 4 is 5.82 Å². The van der Waals surface area contributed by atoms with Gasteiger partial charge in [0.1, 0.15) is 17.4 Å². The number of aromatic amines is 1. The monoisotopic (exact) mass is 207 g/mol. The summed E-state index contributed by atoms with van der Waals surface area (Å²) in [5.74, 6) is 0.430. The summed E-state index contributed by atoms with van der Waals surface area (Å²) in [5, 5.41) is 6.29. The first-order valence-electron chi connectivity index (χ1n) is 4.35. The van der Waals surface area contributed by atoms with E-state index in [-0.39, 0.29) is 5.82 Å². The first-order chi connectivity index (χ1) is 7.22. The summed E-state index contributed by atoms with van der Waals surface area (Å²) in [6, 6.07) is 4.59. The van der Waals surface area contributed by atoms with E-state index >= 15 is 0 Å². The van der Waals surface area contributed by atoms with Crippen molar-refractivity contribution < 1.29 is 9.13 Å². The van der Waals surface area contributed by atoms with Gasteiger partial charge in [-0.15, -0.1) is 0 Å². The Labute approximate surface area is 85.9 Å². The summed E-state index contributed by atoms with van der Waals surface area (Å²) in [6.45, 7) is 0. The first-order valence-corrected chi connectivity index (χ1v) is 4.35. The summed E-state index contributed by atoms with van der Waals surface area (Å²) in [7, 11) is 1.49. The molecule has 0 aliphatic rings. The number of ether oxygens (including phenoxy) is 1. The topological polar surface area (TPSA) is 63.9 Å². The van der Waals surface area contributed by atoms with Crippen molar-refractivity contribution in [2.24, 2.45) is 0 Å². The molecular formula is C10H10FN3O. The maximum Gasteiger partial charge on any atom is 0.134 e. The summed E-state index contributed by atoms with van der Waals surface area (Å²) in [6.07, 6.45) is 1.49. The van der Waals surface area contributed by atoms with Crippen LogP contribution in [0.5, 0.6) is 5.75 Å². The summed E-state index contributed by atoms with van der Waals surface area (Å²) >= 11 is 0. The van der Waals surface area contributed by atoms with Gasteiger partial charge in [-0.1, -0.05) is 0 Å². The maximum absolute atomic E-state index is 13.6. The van der Waals surface area contributed by atoms with Crippen molar-refractivity contribution in [2.45, 2.75) is 0 Å². The molecule has 1 aromatic heterocycles. The number of hydrogen-bond donors (Lipinski definition) is 2. The van der Waals surface area contributed by atoms with E-state index in [4.69, 9.17) is 10.5 Å². The fourth-order valence-corrected chi connectivity index (χ4v) is 1.35. The third-order valence-electron chi connectivity index (χ3n) is 2.14. The number of rotatable bonds is 2. The minimum Gasteiger partial charge on any atom is -0.497 e. The molecule has 5 heteroatoms. The molecule has 0 saturated heterocycles. The van der Waals surface area contributed by atoms with Gasteiger partial charge >= 0.3 is 0 Å². The predicted molar refractivity (Wildman–Crippen MR) is 54.9 cm³/mol. The van der Waals surface area contributed by atoms with Crippen LogP contribution in [0.25, 0.3) is 11.1 Å². The molecule has 0 radical (unpaired) electrons. The number of benzene rings is 1. The number of H-pyrrole nitrogens is 1. The average molecular weight is 207 g/mol. The molecule has 2 rings (SSSR count). The lowest BCUT2D eigenvalue weighted by atomic mass is 10.1. The molecule has 4 nitrogen and oxygen atoms in total. The molecule has 1 aromatic carbocycles. The van der Waals surface area contributed by atoms with Crippen LogP contribution in [0.1, 0.15) is 0 Å². The number of anilines is 1. The van der Waals surface area contributed by atoms with Gasteiger partial charge in [0.2, 0.25) is 0 Å². The number of nitrogen functional groups attached to an aromatic ring is 1. The van der Waals surface area contributed by atoms with E-state index in [1.807, 2.05) is 0 Å². The minimum atomic E-state index is -0.387. The van der Waals surface area contributed by atoms with E-state index in [0.717, 1.165) is 0 Å². The van der Waals surface area contributed by atoms with E-state index in [0.29, 0.717) is 22.7 Å². The molecule has 0 bridgehead atoms. The minimum absolute atomic E-state index is 0.346. The Kier molecular flexibility index (Phi) is 2.29. The van der Waals surface area contributed by atoms with Crippen molar-refractivity contribution in [3.63, 3.8) is 0 Å². The third-order valence-corrected chi connectivity index (χ3v) is 2.14. The van der Waals surface area contributed by atoms with Crippen LogP contribution >= 0.6 is 0 Å². The molecule has 15 heavy (non-hydrogen) atoms. The van der Waals surface area contributed by atoms with Crippen LogP contribution < -0.4 is 10.5 Å². The molecular weight excluding hydrogens is 197 g/mol. The fourth-order valence-electron chi connectivity index (χ4n) is 1.35. The van der Waals surface area contributed by atoms with E-state index in [1.165, 1.54) is 19.4 Å². The second-order valence-corrected chi connectivity index (χ2v) is 3.04. The predicted octanol–water partition coefficient (Wildman–Crippen LogP) is 1.81. The van der Waals surface area contributed by atoms with E-state index in [1.54, 1.807) is 12.1 Å². The molecule has 2 aromatic rings. The highest BCUT2D eigenvalue weighted by molar-refractivity contribution is 5.73. The number of nitrogens with one attached hydrogen (secondary N) is 1. The van der Waals surface area contributed by atoms with Gasteiger partial charge in [0.15, 0.2) is 0 Å². The number of aromatic nitrogens is 2. The Hall–Kier alpha value is -2.04. The van der Waals surface area contributed by atoms with Crippen LogP contribution in [-0.4, -0.2) is 17.3 Å². The SMILES string of the molecule is COc1ccc(-c2cn[nH]c2N)c(F)c1. The molecule has 0 aliphatic carbocycles. The van der Waals surface area contributed by atoms with Gasteiger partial charge < -0.3 is 10.5 Å². The van der Waals surface area contributed by atoms with Crippen molar-refractivity contribution in [2.75, 3.05) is 12.8 Å². The van der Waals surface area contributed by atoms with Gasteiger partial charge in [0.05, 0.1) is 13.3 Å². The lowest BCUT2D eigenvalue weighted by molar-refractivity contribution is 0.411. The Morgan fingerprint density at radius 1 is 1.40 bits per heavy atom. The number of halogens is 1. The van der Waals surface area contributed by atoms with Crippen LogP contribution in [-0.2, 0) is 0 Å². The highest BCUT2D eigenvalue weighted by Crippen LogP contribution is 2.28. The van der Waals surface area contributed by atoms with E-state index in [2.05, 4.69) is 10.2 Å². The zero-order valence-corrected chi connectivity index (χ0v) is 8.12. The number of hydrogen-bond acceptors (Lipinski definition) is 3. The normalized spacial score (nSPS) is 10.3. The first kappa shape index (κ1) is 9.51. The van der Waals surface area contributed by atoms with Crippen molar-refractivity contribution in [1.82, 2.24) is 10.2 Å². The van der Waals surface area contributed by atoms with Gasteiger partial charge in [0, 0.05) is 17.2 Å². The second kappa shape index (κ2) is 3.61. The Bertz CT molecular complexity index is 481. The Morgan fingerprint density at radius 3 is 2.73 bits per heavy atom. The largest absolute Gasteiger partial charge is 0.497 e. The van der Waals surface area contributed by atoms with Gasteiger partial charge in [0.25, 0.3) is 0 Å². The number of methoxy groups -OCH3 is 1. The van der Waals surface area contributed by atoms with Crippen LogP contribution in [0.4, 0.5) is 10.2 Å². The Morgan fingerprint density at radius 2 is 2.20 bits per heavy atom. The molecule has 0 amide bonds. The molecule has 0 unspecified atom stereocenters. The quantitative estimate of drug-likeness (QED) is 0.789. The Balaban J connectivity index is 2.50. The number of nitrogens with zero attached hydrogens (tertiary/aromatic N) is 1. The molecule has 0 aliphatic heterocycles. The van der Waals surface area contributed by atoms with Gasteiger partial charge in [-0.3, -0.25) is 5.10 Å². The van der Waals surface area contributed by atoms with Gasteiger partial charge in [-0.05, 0) is 12.1 Å². The molecule has 1 heterocycles. The highest BCUT2D eigenvalue weighted by atomic mass is 19.1. The molecule has 0 fully saturated rings. The summed E-state index contributed by atoms with van der Waals surface area (Å²) < 4.78 is 18.5. The lowest BCUT2D eigenvalue weighted by Gasteiger charge is -2.04. The smallest absolute Gasteiger partial charge is 0.134 e. The van der Waals surface area contributed by atoms with E-state index in [9.17, 15) is 4.39 Å². The van der Waals surface area contributed by atoms with Crippen molar-refractivity contribution in [3.8, 4) is 16.9 Å². The van der Waals surface area contributed by atoms with Crippen LogP contribution in [0, 0.1) is 5.82 Å². The molecule has 0 spiro atoms. The highest BCUT2D eigenvalue weighted by Gasteiger charge is 2.10. The zero-order valence-electron chi connectivity index (χ0n) is 8.12. The zero-order chi connectivity index (χ0) is 10.8. The summed E-state index contributed by atoms with van der Waals surface area (Å²) in [5.41, 5.74) is 6.55. The van der Waals surface area contributed by atoms with Crippen LogP contribution in [0.15, 0.2) is 24.4 Å². The molecule has 0 atom stereocenters. The third kappa shape index (κ3) is 1.63. The number of nitrogens with two attached hydrogens (primary N) is 1. The fraction of sp³-hybridized carbons (Fsp3) is 0.100. The lowest BCUT2D eigenvalue weighted by Crippen LogP contribution is -1.91. The van der Waals surface area contributed by atoms with Crippen molar-refractivity contribution in [3.05, 3.63) is 30.2 Å². The van der Waals surface area contributed by atoms with Crippen LogP contribution in [0.2, 0.25) is 0 Å². The molecule has 3 N–H and O–H groups in total. The van der Waals surface area contributed by atoms with Gasteiger partial charge in [-0.25, -0.2) is 4.39 Å². The average Bonchev–Trinajstić information content (AvgIpc) is 2.64. The van der Waals surface area contributed by atoms with Crippen LogP contribution in [0.3, 0.4) is 0 Å².